The van der Waals surface area contributed by atoms with Crippen LogP contribution in [0.4, 0.5) is 5.69 Å². The second-order valence-corrected chi connectivity index (χ2v) is 6.82. The van der Waals surface area contributed by atoms with Crippen molar-refractivity contribution in [3.8, 4) is 0 Å². The van der Waals surface area contributed by atoms with E-state index in [4.69, 9.17) is 9.15 Å². The molecule has 0 saturated heterocycles. The maximum Gasteiger partial charge on any atom is 0.332 e. The first-order valence-electron chi connectivity index (χ1n) is 9.30. The summed E-state index contributed by atoms with van der Waals surface area (Å²) in [5.41, 5.74) is 3.23. The molecule has 3 rings (SSSR count). The topological polar surface area (TPSA) is 68.5 Å². The summed E-state index contributed by atoms with van der Waals surface area (Å²) in [6.45, 7) is 5.68. The number of nitrogens with one attached hydrogen (secondary N) is 1. The van der Waals surface area contributed by atoms with Crippen LogP contribution in [0.3, 0.4) is 0 Å². The van der Waals surface area contributed by atoms with E-state index in [2.05, 4.69) is 5.32 Å². The Bertz CT molecular complexity index is 1030. The summed E-state index contributed by atoms with van der Waals surface area (Å²) < 4.78 is 10.9. The molecule has 0 aliphatic rings. The zero-order valence-electron chi connectivity index (χ0n) is 16.6. The zero-order chi connectivity index (χ0) is 20.8. The van der Waals surface area contributed by atoms with Crippen molar-refractivity contribution in [1.82, 2.24) is 0 Å². The molecule has 5 nitrogen and oxygen atoms in total. The zero-order valence-corrected chi connectivity index (χ0v) is 16.6. The fraction of sp³-hybridized carbons (Fsp3) is 0.167. The molecule has 0 fully saturated rings. The summed E-state index contributed by atoms with van der Waals surface area (Å²) in [5.74, 6) is 0.230. The van der Waals surface area contributed by atoms with Gasteiger partial charge in [-0.2, -0.15) is 0 Å². The Balaban J connectivity index is 1.79. The first-order chi connectivity index (χ1) is 13.9. The van der Waals surface area contributed by atoms with E-state index in [1.807, 2.05) is 45.0 Å². The lowest BCUT2D eigenvalue weighted by molar-refractivity contribution is -0.149. The third-order valence-electron chi connectivity index (χ3n) is 4.37. The van der Waals surface area contributed by atoms with Crippen LogP contribution < -0.4 is 5.32 Å². The van der Waals surface area contributed by atoms with E-state index in [0.717, 1.165) is 16.9 Å². The monoisotopic (exact) mass is 389 g/mol. The summed E-state index contributed by atoms with van der Waals surface area (Å²) in [5, 5.41) is 2.87. The molecule has 0 aliphatic carbocycles. The molecule has 0 radical (unpaired) electrons. The molecule has 0 bridgehead atoms. The van der Waals surface area contributed by atoms with Gasteiger partial charge in [0.15, 0.2) is 0 Å². The van der Waals surface area contributed by atoms with Crippen molar-refractivity contribution >= 4 is 23.6 Å². The molecule has 0 saturated carbocycles. The van der Waals surface area contributed by atoms with Crippen LogP contribution in [0, 0.1) is 20.8 Å². The molecular formula is C24H23NO4. The highest BCUT2D eigenvalue weighted by Gasteiger charge is 2.24. The fourth-order valence-electron chi connectivity index (χ4n) is 2.82. The Hall–Kier alpha value is -3.60. The highest BCUT2D eigenvalue weighted by molar-refractivity contribution is 5.98. The number of anilines is 1. The molecule has 148 valence electrons. The van der Waals surface area contributed by atoms with Crippen LogP contribution in [0.5, 0.6) is 0 Å². The van der Waals surface area contributed by atoms with Crippen LogP contribution in [-0.4, -0.2) is 11.9 Å². The molecular weight excluding hydrogens is 366 g/mol. The van der Waals surface area contributed by atoms with Crippen molar-refractivity contribution in [2.45, 2.75) is 26.9 Å². The minimum Gasteiger partial charge on any atom is -0.462 e. The van der Waals surface area contributed by atoms with Gasteiger partial charge >= 0.3 is 5.97 Å². The lowest BCUT2D eigenvalue weighted by Gasteiger charge is -2.18. The first-order valence-corrected chi connectivity index (χ1v) is 9.30. The average Bonchev–Trinajstić information content (AvgIpc) is 3.13. The van der Waals surface area contributed by atoms with Crippen molar-refractivity contribution in [1.29, 1.82) is 0 Å². The quantitative estimate of drug-likeness (QED) is 0.468. The number of aryl methyl sites for hydroxylation is 3. The number of hydrogen-bond donors (Lipinski definition) is 1. The van der Waals surface area contributed by atoms with Crippen molar-refractivity contribution in [3.63, 3.8) is 0 Å². The van der Waals surface area contributed by atoms with Crippen LogP contribution in [-0.2, 0) is 14.3 Å². The molecule has 1 heterocycles. The van der Waals surface area contributed by atoms with Gasteiger partial charge in [0.05, 0.1) is 0 Å². The van der Waals surface area contributed by atoms with Gasteiger partial charge in [-0.15, -0.1) is 0 Å². The molecule has 1 amide bonds. The molecule has 1 unspecified atom stereocenters. The average molecular weight is 389 g/mol. The number of esters is 1. The largest absolute Gasteiger partial charge is 0.462 e. The summed E-state index contributed by atoms with van der Waals surface area (Å²) in [4.78, 5) is 25.3. The highest BCUT2D eigenvalue weighted by Crippen LogP contribution is 2.23. The number of carbonyl (C=O) groups excluding carboxylic acids is 2. The van der Waals surface area contributed by atoms with E-state index in [1.165, 1.54) is 12.2 Å². The maximum absolute atomic E-state index is 13.0. The third-order valence-corrected chi connectivity index (χ3v) is 4.37. The second kappa shape index (κ2) is 9.06. The minimum absolute atomic E-state index is 0.416. The molecule has 29 heavy (non-hydrogen) atoms. The summed E-state index contributed by atoms with van der Waals surface area (Å²) in [6.07, 6.45) is 1.69. The summed E-state index contributed by atoms with van der Waals surface area (Å²) >= 11 is 0. The molecule has 2 aromatic carbocycles. The number of rotatable bonds is 6. The van der Waals surface area contributed by atoms with Gasteiger partial charge in [0.2, 0.25) is 6.10 Å². The van der Waals surface area contributed by atoms with E-state index in [0.29, 0.717) is 17.0 Å². The Morgan fingerprint density at radius 2 is 1.76 bits per heavy atom. The second-order valence-electron chi connectivity index (χ2n) is 6.82. The SMILES string of the molecule is Cc1ccc(C)c(NC(=O)C(OC(=O)C=Cc2ccc(C)o2)c2ccccc2)c1. The number of furan rings is 1. The van der Waals surface area contributed by atoms with Crippen molar-refractivity contribution < 1.29 is 18.7 Å². The van der Waals surface area contributed by atoms with Crippen LogP contribution in [0.2, 0.25) is 0 Å². The van der Waals surface area contributed by atoms with Gasteiger partial charge in [-0.25, -0.2) is 4.79 Å². The minimum atomic E-state index is -1.08. The van der Waals surface area contributed by atoms with Gasteiger partial charge in [-0.3, -0.25) is 4.79 Å². The highest BCUT2D eigenvalue weighted by atomic mass is 16.5. The van der Waals surface area contributed by atoms with Gasteiger partial charge < -0.3 is 14.5 Å². The lowest BCUT2D eigenvalue weighted by atomic mass is 10.1. The van der Waals surface area contributed by atoms with Gasteiger partial charge in [-0.05, 0) is 56.2 Å². The van der Waals surface area contributed by atoms with Gasteiger partial charge in [0.1, 0.15) is 11.5 Å². The third kappa shape index (κ3) is 5.45. The van der Waals surface area contributed by atoms with Crippen LogP contribution in [0.15, 0.2) is 71.2 Å². The maximum atomic E-state index is 13.0. The van der Waals surface area contributed by atoms with Crippen LogP contribution >= 0.6 is 0 Å². The number of ether oxygens (including phenoxy) is 1. The van der Waals surface area contributed by atoms with E-state index in [1.54, 1.807) is 36.4 Å². The molecule has 1 aromatic heterocycles. The van der Waals surface area contributed by atoms with Crippen molar-refractivity contribution in [2.24, 2.45) is 0 Å². The Morgan fingerprint density at radius 3 is 2.45 bits per heavy atom. The molecule has 0 aliphatic heterocycles. The van der Waals surface area contributed by atoms with E-state index >= 15 is 0 Å². The van der Waals surface area contributed by atoms with E-state index in [9.17, 15) is 9.59 Å². The van der Waals surface area contributed by atoms with Crippen LogP contribution in [0.1, 0.15) is 34.3 Å². The molecule has 1 N–H and O–H groups in total. The Morgan fingerprint density at radius 1 is 1.00 bits per heavy atom. The summed E-state index contributed by atoms with van der Waals surface area (Å²) in [6, 6.07) is 18.3. The van der Waals surface area contributed by atoms with Crippen LogP contribution in [0.25, 0.3) is 6.08 Å². The smallest absolute Gasteiger partial charge is 0.332 e. The van der Waals surface area contributed by atoms with E-state index in [-0.39, 0.29) is 0 Å². The van der Waals surface area contributed by atoms with Gasteiger partial charge in [0, 0.05) is 17.3 Å². The predicted molar refractivity (Wildman–Crippen MR) is 112 cm³/mol. The Labute approximate surface area is 170 Å². The predicted octanol–water partition coefficient (Wildman–Crippen LogP) is 5.14. The normalized spacial score (nSPS) is 12.0. The number of carbonyl (C=O) groups is 2. The lowest BCUT2D eigenvalue weighted by Crippen LogP contribution is -2.25. The van der Waals surface area contributed by atoms with E-state index < -0.39 is 18.0 Å². The molecule has 0 spiro atoms. The van der Waals surface area contributed by atoms with Crippen molar-refractivity contribution in [3.05, 3.63) is 95.0 Å². The first kappa shape index (κ1) is 20.1. The summed E-state index contributed by atoms with van der Waals surface area (Å²) in [7, 11) is 0. The van der Waals surface area contributed by atoms with Gasteiger partial charge in [0.25, 0.3) is 5.91 Å². The number of hydrogen-bond acceptors (Lipinski definition) is 4. The van der Waals surface area contributed by atoms with Crippen molar-refractivity contribution in [2.75, 3.05) is 5.32 Å². The fourth-order valence-corrected chi connectivity index (χ4v) is 2.82. The molecule has 5 heteroatoms. The molecule has 1 atom stereocenters. The number of amides is 1. The molecule has 3 aromatic rings. The number of benzene rings is 2. The van der Waals surface area contributed by atoms with Gasteiger partial charge in [-0.1, -0.05) is 42.5 Å². The standard InChI is InChI=1S/C24H23NO4/c1-16-9-10-17(2)21(15-16)25-24(27)23(19-7-5-4-6-8-19)29-22(26)14-13-20-12-11-18(3)28-20/h4-15,23H,1-3H3,(H,25,27). The Kier molecular flexibility index (Phi) is 6.29.